The molecular weight excluding hydrogens is 292 g/mol. The van der Waals surface area contributed by atoms with Crippen molar-refractivity contribution in [2.24, 2.45) is 0 Å². The molecule has 0 saturated carbocycles. The number of aromatic nitrogens is 2. The third kappa shape index (κ3) is 2.63. The van der Waals surface area contributed by atoms with E-state index in [2.05, 4.69) is 31.4 Å². The first-order valence-corrected chi connectivity index (χ1v) is 5.74. The maximum atomic E-state index is 13.5. The zero-order valence-corrected chi connectivity index (χ0v) is 10.6. The van der Waals surface area contributed by atoms with Crippen LogP contribution in [-0.2, 0) is 6.54 Å². The van der Waals surface area contributed by atoms with Crippen LogP contribution in [0.2, 0.25) is 0 Å². The molecule has 6 heteroatoms. The van der Waals surface area contributed by atoms with Gasteiger partial charge >= 0.3 is 0 Å². The summed E-state index contributed by atoms with van der Waals surface area (Å²) < 4.78 is 26.7. The molecule has 1 heterocycles. The lowest BCUT2D eigenvalue weighted by atomic mass is 10.2. The number of halogens is 3. The van der Waals surface area contributed by atoms with E-state index in [0.29, 0.717) is 11.0 Å². The third-order valence-corrected chi connectivity index (χ3v) is 3.02. The SMILES string of the molecule is Cc1[nH]ncc1CNc1c(F)cc(F)cc1Br. The average Bonchev–Trinajstić information content (AvgIpc) is 2.62. The summed E-state index contributed by atoms with van der Waals surface area (Å²) >= 11 is 3.11. The van der Waals surface area contributed by atoms with Gasteiger partial charge in [0.15, 0.2) is 0 Å². The predicted octanol–water partition coefficient (Wildman–Crippen LogP) is 3.37. The summed E-state index contributed by atoms with van der Waals surface area (Å²) in [6.45, 7) is 2.30. The second-order valence-corrected chi connectivity index (χ2v) is 4.47. The van der Waals surface area contributed by atoms with Crippen LogP contribution in [0.25, 0.3) is 0 Å². The van der Waals surface area contributed by atoms with Crippen molar-refractivity contribution in [1.82, 2.24) is 10.2 Å². The molecule has 0 unspecified atom stereocenters. The quantitative estimate of drug-likeness (QED) is 0.912. The van der Waals surface area contributed by atoms with Gasteiger partial charge in [-0.15, -0.1) is 0 Å². The van der Waals surface area contributed by atoms with Crippen LogP contribution in [0.15, 0.2) is 22.8 Å². The molecule has 2 aromatic rings. The number of aromatic amines is 1. The molecule has 0 radical (unpaired) electrons. The Balaban J connectivity index is 2.17. The number of nitrogens with zero attached hydrogens (tertiary/aromatic N) is 1. The van der Waals surface area contributed by atoms with Gasteiger partial charge in [-0.25, -0.2) is 8.78 Å². The minimum atomic E-state index is -0.627. The lowest BCUT2D eigenvalue weighted by Crippen LogP contribution is -2.03. The fourth-order valence-electron chi connectivity index (χ4n) is 1.45. The van der Waals surface area contributed by atoms with Crippen molar-refractivity contribution in [2.75, 3.05) is 5.32 Å². The normalized spacial score (nSPS) is 10.6. The van der Waals surface area contributed by atoms with Gasteiger partial charge in [0.05, 0.1) is 11.9 Å². The molecule has 0 saturated heterocycles. The number of aryl methyl sites for hydroxylation is 1. The van der Waals surface area contributed by atoms with Crippen molar-refractivity contribution in [3.05, 3.63) is 45.7 Å². The third-order valence-electron chi connectivity index (χ3n) is 2.40. The summed E-state index contributed by atoms with van der Waals surface area (Å²) in [7, 11) is 0. The minimum absolute atomic E-state index is 0.243. The molecule has 0 bridgehead atoms. The number of rotatable bonds is 3. The zero-order valence-electron chi connectivity index (χ0n) is 9.02. The zero-order chi connectivity index (χ0) is 12.4. The van der Waals surface area contributed by atoms with Crippen molar-refractivity contribution in [3.8, 4) is 0 Å². The largest absolute Gasteiger partial charge is 0.378 e. The van der Waals surface area contributed by atoms with Crippen molar-refractivity contribution in [2.45, 2.75) is 13.5 Å². The topological polar surface area (TPSA) is 40.7 Å². The van der Waals surface area contributed by atoms with Gasteiger partial charge < -0.3 is 5.32 Å². The van der Waals surface area contributed by atoms with Crippen LogP contribution in [0.4, 0.5) is 14.5 Å². The Morgan fingerprint density at radius 2 is 2.18 bits per heavy atom. The molecule has 1 aromatic carbocycles. The van der Waals surface area contributed by atoms with Crippen LogP contribution < -0.4 is 5.32 Å². The molecule has 0 fully saturated rings. The number of anilines is 1. The average molecular weight is 302 g/mol. The van der Waals surface area contributed by atoms with Crippen LogP contribution in [-0.4, -0.2) is 10.2 Å². The van der Waals surface area contributed by atoms with Crippen molar-refractivity contribution in [3.63, 3.8) is 0 Å². The van der Waals surface area contributed by atoms with E-state index in [1.165, 1.54) is 6.07 Å². The first kappa shape index (κ1) is 12.0. The van der Waals surface area contributed by atoms with Crippen molar-refractivity contribution >= 4 is 21.6 Å². The Kier molecular flexibility index (Phi) is 3.42. The molecule has 0 atom stereocenters. The predicted molar refractivity (Wildman–Crippen MR) is 64.7 cm³/mol. The van der Waals surface area contributed by atoms with Gasteiger partial charge in [-0.05, 0) is 28.9 Å². The Morgan fingerprint density at radius 3 is 2.76 bits per heavy atom. The molecule has 0 spiro atoms. The molecule has 90 valence electrons. The molecule has 0 aliphatic carbocycles. The molecule has 2 rings (SSSR count). The van der Waals surface area contributed by atoms with Crippen molar-refractivity contribution < 1.29 is 8.78 Å². The Bertz CT molecular complexity index is 516. The summed E-state index contributed by atoms with van der Waals surface area (Å²) in [6, 6.07) is 2.06. The number of hydrogen-bond donors (Lipinski definition) is 2. The lowest BCUT2D eigenvalue weighted by Gasteiger charge is -2.09. The first-order chi connectivity index (χ1) is 8.08. The highest BCUT2D eigenvalue weighted by Crippen LogP contribution is 2.27. The van der Waals surface area contributed by atoms with Gasteiger partial charge in [-0.3, -0.25) is 5.10 Å². The van der Waals surface area contributed by atoms with Crippen LogP contribution in [0.5, 0.6) is 0 Å². The standard InChI is InChI=1S/C11H10BrF2N3/c1-6-7(5-16-17-6)4-15-11-9(12)2-8(13)3-10(11)14/h2-3,5,15H,4H2,1H3,(H,16,17). The second-order valence-electron chi connectivity index (χ2n) is 3.62. The van der Waals surface area contributed by atoms with E-state index in [0.717, 1.165) is 17.3 Å². The van der Waals surface area contributed by atoms with E-state index in [1.807, 2.05) is 6.92 Å². The van der Waals surface area contributed by atoms with Gasteiger partial charge in [-0.2, -0.15) is 5.10 Å². The van der Waals surface area contributed by atoms with E-state index in [9.17, 15) is 8.78 Å². The summed E-state index contributed by atoms with van der Waals surface area (Å²) in [5, 5.41) is 9.55. The van der Waals surface area contributed by atoms with Gasteiger partial charge in [-0.1, -0.05) is 0 Å². The van der Waals surface area contributed by atoms with Gasteiger partial charge in [0.25, 0.3) is 0 Å². The molecule has 2 N–H and O–H groups in total. The van der Waals surface area contributed by atoms with Crippen LogP contribution in [0.3, 0.4) is 0 Å². The molecule has 0 aliphatic heterocycles. The smallest absolute Gasteiger partial charge is 0.150 e. The lowest BCUT2D eigenvalue weighted by molar-refractivity contribution is 0.583. The highest BCUT2D eigenvalue weighted by Gasteiger charge is 2.10. The summed E-state index contributed by atoms with van der Waals surface area (Å²) in [6.07, 6.45) is 1.66. The van der Waals surface area contributed by atoms with Crippen molar-refractivity contribution in [1.29, 1.82) is 0 Å². The second kappa shape index (κ2) is 4.83. The molecule has 0 aliphatic rings. The Morgan fingerprint density at radius 1 is 1.41 bits per heavy atom. The van der Waals surface area contributed by atoms with E-state index < -0.39 is 11.6 Å². The Labute approximate surface area is 105 Å². The number of nitrogens with one attached hydrogen (secondary N) is 2. The number of benzene rings is 1. The van der Waals surface area contributed by atoms with Crippen LogP contribution >= 0.6 is 15.9 Å². The number of H-pyrrole nitrogens is 1. The van der Waals surface area contributed by atoms with E-state index in [4.69, 9.17) is 0 Å². The maximum absolute atomic E-state index is 13.5. The minimum Gasteiger partial charge on any atom is -0.378 e. The van der Waals surface area contributed by atoms with E-state index in [1.54, 1.807) is 6.20 Å². The summed E-state index contributed by atoms with van der Waals surface area (Å²) in [5.74, 6) is -1.24. The van der Waals surface area contributed by atoms with Gasteiger partial charge in [0, 0.05) is 28.3 Å². The van der Waals surface area contributed by atoms with E-state index in [-0.39, 0.29) is 5.69 Å². The fourth-order valence-corrected chi connectivity index (χ4v) is 2.00. The van der Waals surface area contributed by atoms with Crippen LogP contribution in [0, 0.1) is 18.6 Å². The maximum Gasteiger partial charge on any atom is 0.150 e. The van der Waals surface area contributed by atoms with E-state index >= 15 is 0 Å². The first-order valence-electron chi connectivity index (χ1n) is 4.95. The highest BCUT2D eigenvalue weighted by atomic mass is 79.9. The fraction of sp³-hybridized carbons (Fsp3) is 0.182. The summed E-state index contributed by atoms with van der Waals surface area (Å²) in [5.41, 5.74) is 2.09. The molecular formula is C11H10BrF2N3. The molecule has 17 heavy (non-hydrogen) atoms. The summed E-state index contributed by atoms with van der Waals surface area (Å²) in [4.78, 5) is 0. The molecule has 3 nitrogen and oxygen atoms in total. The Hall–Kier alpha value is -1.43. The molecule has 0 amide bonds. The highest BCUT2D eigenvalue weighted by molar-refractivity contribution is 9.10. The van der Waals surface area contributed by atoms with Gasteiger partial charge in [0.2, 0.25) is 0 Å². The monoisotopic (exact) mass is 301 g/mol. The number of hydrogen-bond acceptors (Lipinski definition) is 2. The van der Waals surface area contributed by atoms with Crippen LogP contribution in [0.1, 0.15) is 11.3 Å². The molecule has 1 aromatic heterocycles. The van der Waals surface area contributed by atoms with Gasteiger partial charge in [0.1, 0.15) is 11.6 Å².